The van der Waals surface area contributed by atoms with Crippen LogP contribution in [0, 0.1) is 0 Å². The first kappa shape index (κ1) is 17.1. The molecule has 84 valence electrons. The Balaban J connectivity index is 0.00000225. The van der Waals surface area contributed by atoms with Crippen LogP contribution in [0.2, 0.25) is 10.0 Å². The van der Waals surface area contributed by atoms with Crippen LogP contribution in [0.1, 0.15) is 6.92 Å². The Kier molecular flexibility index (Phi) is 7.34. The van der Waals surface area contributed by atoms with Gasteiger partial charge in [-0.1, -0.05) is 34.7 Å². The molecule has 0 bridgehead atoms. The standard InChI is InChI=1S/C8H7BCl2F3O.K/c1-2-15-8-4-6(10)5(3-7(8)11)9(12,13)14;/h3-4H,2H2,1H3;/q-1;+1. The Labute approximate surface area is 144 Å². The molecule has 1 aromatic rings. The minimum absolute atomic E-state index is 0. The van der Waals surface area contributed by atoms with Crippen LogP contribution in [-0.4, -0.2) is 13.6 Å². The van der Waals surface area contributed by atoms with Gasteiger partial charge in [0.1, 0.15) is 5.75 Å². The van der Waals surface area contributed by atoms with Crippen molar-refractivity contribution in [1.82, 2.24) is 0 Å². The average Bonchev–Trinajstić information content (AvgIpc) is 2.09. The van der Waals surface area contributed by atoms with Crippen molar-refractivity contribution in [2.45, 2.75) is 6.92 Å². The molecule has 0 spiro atoms. The van der Waals surface area contributed by atoms with E-state index >= 15 is 0 Å². The van der Waals surface area contributed by atoms with Gasteiger partial charge in [-0.05, 0) is 13.0 Å². The van der Waals surface area contributed by atoms with E-state index in [1.807, 2.05) is 0 Å². The van der Waals surface area contributed by atoms with Gasteiger partial charge in [0, 0.05) is 5.02 Å². The van der Waals surface area contributed by atoms with E-state index in [2.05, 4.69) is 0 Å². The fourth-order valence-corrected chi connectivity index (χ4v) is 1.56. The summed E-state index contributed by atoms with van der Waals surface area (Å²) in [6.45, 7) is -3.13. The Bertz CT molecular complexity index is 373. The molecular weight excluding hydrogens is 290 g/mol. The summed E-state index contributed by atoms with van der Waals surface area (Å²) in [6.07, 6.45) is 0. The Hall–Kier alpha value is 1.09. The summed E-state index contributed by atoms with van der Waals surface area (Å²) in [7, 11) is 0. The van der Waals surface area contributed by atoms with Gasteiger partial charge in [0.05, 0.1) is 11.6 Å². The summed E-state index contributed by atoms with van der Waals surface area (Å²) in [5.41, 5.74) is -0.898. The van der Waals surface area contributed by atoms with Crippen molar-refractivity contribution in [2.24, 2.45) is 0 Å². The summed E-state index contributed by atoms with van der Waals surface area (Å²) >= 11 is 11.1. The summed E-state index contributed by atoms with van der Waals surface area (Å²) in [6, 6.07) is 1.87. The van der Waals surface area contributed by atoms with E-state index in [1.165, 1.54) is 0 Å². The van der Waals surface area contributed by atoms with E-state index in [0.29, 0.717) is 6.61 Å². The van der Waals surface area contributed by atoms with E-state index < -0.39 is 17.5 Å². The van der Waals surface area contributed by atoms with E-state index in [9.17, 15) is 12.9 Å². The number of benzene rings is 1. The molecule has 0 atom stereocenters. The van der Waals surface area contributed by atoms with Gasteiger partial charge in [0.25, 0.3) is 0 Å². The molecule has 16 heavy (non-hydrogen) atoms. The first-order valence-electron chi connectivity index (χ1n) is 4.18. The monoisotopic (exact) mass is 296 g/mol. The molecule has 0 fully saturated rings. The summed E-state index contributed by atoms with van der Waals surface area (Å²) in [4.78, 5) is 0. The van der Waals surface area contributed by atoms with E-state index in [-0.39, 0.29) is 62.2 Å². The smallest absolute Gasteiger partial charge is 0.492 e. The second-order valence-electron chi connectivity index (χ2n) is 2.81. The van der Waals surface area contributed by atoms with Gasteiger partial charge < -0.3 is 17.7 Å². The summed E-state index contributed by atoms with van der Waals surface area (Å²) in [5, 5.41) is -0.481. The molecule has 1 nitrogen and oxygen atoms in total. The third kappa shape index (κ3) is 4.40. The molecule has 0 aliphatic rings. The zero-order chi connectivity index (χ0) is 11.6. The molecule has 0 aliphatic carbocycles. The van der Waals surface area contributed by atoms with Crippen molar-refractivity contribution in [2.75, 3.05) is 6.61 Å². The largest absolute Gasteiger partial charge is 1.00 e. The van der Waals surface area contributed by atoms with Gasteiger partial charge >= 0.3 is 58.4 Å². The zero-order valence-electron chi connectivity index (χ0n) is 8.74. The molecule has 0 radical (unpaired) electrons. The molecule has 8 heteroatoms. The van der Waals surface area contributed by atoms with Gasteiger partial charge in [-0.25, -0.2) is 0 Å². The molecule has 0 heterocycles. The van der Waals surface area contributed by atoms with Crippen molar-refractivity contribution >= 4 is 35.6 Å². The summed E-state index contributed by atoms with van der Waals surface area (Å²) < 4.78 is 42.3. The molecular formula is C8H7BCl2F3KO. The molecule has 0 amide bonds. The van der Waals surface area contributed by atoms with Gasteiger partial charge in [-0.15, -0.1) is 0 Å². The zero-order valence-corrected chi connectivity index (χ0v) is 13.4. The van der Waals surface area contributed by atoms with E-state index in [0.717, 1.165) is 12.1 Å². The molecule has 0 N–H and O–H groups in total. The fraction of sp³-hybridized carbons (Fsp3) is 0.250. The van der Waals surface area contributed by atoms with Crippen LogP contribution in [-0.2, 0) is 0 Å². The Morgan fingerprint density at radius 3 is 2.19 bits per heavy atom. The van der Waals surface area contributed by atoms with Crippen LogP contribution in [0.3, 0.4) is 0 Å². The van der Waals surface area contributed by atoms with Crippen LogP contribution in [0.5, 0.6) is 5.75 Å². The third-order valence-electron chi connectivity index (χ3n) is 1.70. The Morgan fingerprint density at radius 1 is 1.19 bits per heavy atom. The quantitative estimate of drug-likeness (QED) is 0.736. The average molecular weight is 297 g/mol. The molecule has 0 aromatic heterocycles. The number of ether oxygens (including phenoxy) is 1. The molecule has 0 saturated heterocycles. The molecule has 1 aromatic carbocycles. The minimum Gasteiger partial charge on any atom is -0.492 e. The minimum atomic E-state index is -5.15. The number of halogens is 5. The van der Waals surface area contributed by atoms with Crippen LogP contribution in [0.4, 0.5) is 12.9 Å². The molecule has 0 unspecified atom stereocenters. The third-order valence-corrected chi connectivity index (χ3v) is 2.33. The first-order valence-corrected chi connectivity index (χ1v) is 4.93. The predicted octanol–water partition coefficient (Wildman–Crippen LogP) is 0.450. The summed E-state index contributed by atoms with van der Waals surface area (Å²) in [5.74, 6) is 0.160. The molecule has 0 saturated carbocycles. The Morgan fingerprint density at radius 2 is 1.75 bits per heavy atom. The molecule has 0 aliphatic heterocycles. The molecule has 1 rings (SSSR count). The van der Waals surface area contributed by atoms with Gasteiger partial charge in [-0.3, -0.25) is 0 Å². The van der Waals surface area contributed by atoms with Crippen LogP contribution >= 0.6 is 23.2 Å². The number of hydrogen-bond donors (Lipinski definition) is 0. The maximum absolute atomic E-state index is 12.4. The first-order chi connectivity index (χ1) is 6.86. The topological polar surface area (TPSA) is 9.23 Å². The SMILES string of the molecule is CCOc1cc(Cl)c([B-](F)(F)F)cc1Cl.[K+]. The number of rotatable bonds is 3. The number of hydrogen-bond acceptors (Lipinski definition) is 1. The van der Waals surface area contributed by atoms with Gasteiger partial charge in [0.2, 0.25) is 0 Å². The second-order valence-corrected chi connectivity index (χ2v) is 3.63. The van der Waals surface area contributed by atoms with Crippen LogP contribution < -0.4 is 61.6 Å². The van der Waals surface area contributed by atoms with Crippen LogP contribution in [0.25, 0.3) is 0 Å². The maximum atomic E-state index is 12.4. The van der Waals surface area contributed by atoms with Crippen molar-refractivity contribution < 1.29 is 69.1 Å². The van der Waals surface area contributed by atoms with Crippen molar-refractivity contribution in [1.29, 1.82) is 0 Å². The maximum Gasteiger partial charge on any atom is 1.00 e. The van der Waals surface area contributed by atoms with Crippen molar-refractivity contribution in [3.05, 3.63) is 22.2 Å². The van der Waals surface area contributed by atoms with Crippen LogP contribution in [0.15, 0.2) is 12.1 Å². The second kappa shape index (κ2) is 6.87. The van der Waals surface area contributed by atoms with Gasteiger partial charge in [0.15, 0.2) is 0 Å². The van der Waals surface area contributed by atoms with Gasteiger partial charge in [-0.2, -0.15) is 0 Å². The normalized spacial score (nSPS) is 10.9. The predicted molar refractivity (Wildman–Crippen MR) is 56.3 cm³/mol. The van der Waals surface area contributed by atoms with Crippen molar-refractivity contribution in [3.63, 3.8) is 0 Å². The van der Waals surface area contributed by atoms with E-state index in [4.69, 9.17) is 27.9 Å². The van der Waals surface area contributed by atoms with E-state index in [1.54, 1.807) is 6.92 Å². The fourth-order valence-electron chi connectivity index (χ4n) is 1.06. The van der Waals surface area contributed by atoms with Crippen molar-refractivity contribution in [3.8, 4) is 5.75 Å².